The van der Waals surface area contributed by atoms with Gasteiger partial charge in [-0.1, -0.05) is 50.1 Å². The van der Waals surface area contributed by atoms with E-state index in [0.29, 0.717) is 13.0 Å². The molecule has 8 nitrogen and oxygen atoms in total. The zero-order chi connectivity index (χ0) is 32.9. The fourth-order valence-electron chi connectivity index (χ4n) is 7.17. The number of piperidine rings is 1. The molecule has 1 aliphatic heterocycles. The van der Waals surface area contributed by atoms with Crippen molar-refractivity contribution in [2.45, 2.75) is 116 Å². The number of ether oxygens (including phenoxy) is 2. The first-order chi connectivity index (χ1) is 22.0. The van der Waals surface area contributed by atoms with Gasteiger partial charge in [-0.2, -0.15) is 0 Å². The molecule has 46 heavy (non-hydrogen) atoms. The fraction of sp³-hybridized carbons (Fsp3) is 0.649. The molecule has 1 N–H and O–H groups in total. The number of amides is 3. The van der Waals surface area contributed by atoms with Crippen LogP contribution in [-0.2, 0) is 44.0 Å². The maximum absolute atomic E-state index is 14.5. The number of methoxy groups -OCH3 is 1. The molecule has 0 radical (unpaired) electrons. The molecule has 3 aliphatic rings. The first-order valence-electron chi connectivity index (χ1n) is 17.3. The zero-order valence-electron chi connectivity index (χ0n) is 28.4. The van der Waals surface area contributed by atoms with E-state index < -0.39 is 29.1 Å². The summed E-state index contributed by atoms with van der Waals surface area (Å²) in [4.78, 5) is 48.3. The van der Waals surface area contributed by atoms with Gasteiger partial charge in [-0.3, -0.25) is 9.59 Å². The summed E-state index contributed by atoms with van der Waals surface area (Å²) in [6.07, 6.45) is 8.69. The third-order valence-corrected chi connectivity index (χ3v) is 11.0. The molecular weight excluding hydrogens is 598 g/mol. The van der Waals surface area contributed by atoms with Crippen LogP contribution in [0.3, 0.4) is 0 Å². The molecule has 2 aromatic rings. The number of benzene rings is 1. The largest absolute Gasteiger partial charge is 0.444 e. The number of hydrogen-bond donors (Lipinski definition) is 1. The van der Waals surface area contributed by atoms with Crippen molar-refractivity contribution in [3.8, 4) is 0 Å². The Hall–Kier alpha value is -2.91. The highest BCUT2D eigenvalue weighted by Gasteiger charge is 2.45. The van der Waals surface area contributed by atoms with Gasteiger partial charge in [-0.25, -0.2) is 4.79 Å². The van der Waals surface area contributed by atoms with Crippen molar-refractivity contribution in [3.63, 3.8) is 0 Å². The SMILES string of the molecule is CCc1sc(CCCOC)cc1CN(C(=O)[C@@H]1C[C@H](C(=O)NC2(c3ccccc3)CCCC2)CN(C(=O)OC(C)(C)C)C1)C1CC1. The smallest absolute Gasteiger partial charge is 0.410 e. The number of carbonyl (C=O) groups is 3. The Labute approximate surface area is 279 Å². The molecule has 3 amide bonds. The quantitative estimate of drug-likeness (QED) is 0.254. The van der Waals surface area contributed by atoms with Crippen LogP contribution in [0.5, 0.6) is 0 Å². The lowest BCUT2D eigenvalue weighted by Gasteiger charge is -2.40. The minimum atomic E-state index is -0.677. The minimum absolute atomic E-state index is 0.0429. The standard InChI is InChI=1S/C37H53N3O5S/c1-6-32-26(22-31(46-32)15-12-20-44-5)25-40(30-16-17-30)34(42)28-21-27(23-39(24-28)35(43)45-36(2,3)4)33(41)38-37(18-10-11-19-37)29-13-8-7-9-14-29/h7-9,13-14,22,27-28,30H,6,10-12,15-21,23-25H2,1-5H3,(H,38,41)/t27-,28+/m0/s1. The number of hydrogen-bond acceptors (Lipinski definition) is 6. The number of likely N-dealkylation sites (tertiary alicyclic amines) is 1. The molecule has 1 saturated heterocycles. The third kappa shape index (κ3) is 8.51. The van der Waals surface area contributed by atoms with Crippen molar-refractivity contribution in [2.24, 2.45) is 11.8 Å². The summed E-state index contributed by atoms with van der Waals surface area (Å²) >= 11 is 1.84. The number of nitrogens with zero attached hydrogens (tertiary/aromatic N) is 2. The molecule has 3 fully saturated rings. The van der Waals surface area contributed by atoms with Crippen molar-refractivity contribution < 1.29 is 23.9 Å². The molecule has 2 aliphatic carbocycles. The van der Waals surface area contributed by atoms with Crippen molar-refractivity contribution >= 4 is 29.2 Å². The predicted octanol–water partition coefficient (Wildman–Crippen LogP) is 6.84. The number of aryl methyl sites for hydroxylation is 2. The summed E-state index contributed by atoms with van der Waals surface area (Å²) in [6.45, 7) is 9.52. The lowest BCUT2D eigenvalue weighted by atomic mass is 9.84. The van der Waals surface area contributed by atoms with Gasteiger partial charge in [0.25, 0.3) is 0 Å². The Kier molecular flexibility index (Phi) is 11.1. The Bertz CT molecular complexity index is 1340. The molecule has 5 rings (SSSR count). The highest BCUT2D eigenvalue weighted by Crippen LogP contribution is 2.40. The first-order valence-corrected chi connectivity index (χ1v) is 18.1. The monoisotopic (exact) mass is 651 g/mol. The summed E-state index contributed by atoms with van der Waals surface area (Å²) in [5, 5.41) is 3.44. The van der Waals surface area contributed by atoms with E-state index in [9.17, 15) is 14.4 Å². The fourth-order valence-corrected chi connectivity index (χ4v) is 8.33. The van der Waals surface area contributed by atoms with Crippen molar-refractivity contribution in [1.29, 1.82) is 0 Å². The lowest BCUT2D eigenvalue weighted by Crippen LogP contribution is -2.55. The van der Waals surface area contributed by atoms with Gasteiger partial charge < -0.3 is 24.6 Å². The summed E-state index contributed by atoms with van der Waals surface area (Å²) in [5.41, 5.74) is 1.25. The van der Waals surface area contributed by atoms with E-state index in [-0.39, 0.29) is 30.9 Å². The molecule has 0 spiro atoms. The topological polar surface area (TPSA) is 88.2 Å². The van der Waals surface area contributed by atoms with Crippen LogP contribution in [0.2, 0.25) is 0 Å². The van der Waals surface area contributed by atoms with E-state index >= 15 is 0 Å². The average Bonchev–Trinajstić information content (AvgIpc) is 3.63. The predicted molar refractivity (Wildman–Crippen MR) is 182 cm³/mol. The van der Waals surface area contributed by atoms with E-state index in [0.717, 1.165) is 70.0 Å². The van der Waals surface area contributed by atoms with E-state index in [1.807, 2.05) is 55.2 Å². The number of carbonyl (C=O) groups excluding carboxylic acids is 3. The normalized spacial score (nSPS) is 21.2. The highest BCUT2D eigenvalue weighted by atomic mass is 32.1. The molecule has 0 unspecified atom stereocenters. The minimum Gasteiger partial charge on any atom is -0.444 e. The Morgan fingerprint density at radius 1 is 1.07 bits per heavy atom. The highest BCUT2D eigenvalue weighted by molar-refractivity contribution is 7.12. The average molecular weight is 652 g/mol. The van der Waals surface area contributed by atoms with E-state index in [1.165, 1.54) is 15.3 Å². The second-order valence-corrected chi connectivity index (χ2v) is 15.7. The number of rotatable bonds is 12. The lowest BCUT2D eigenvalue weighted by molar-refractivity contribution is -0.141. The van der Waals surface area contributed by atoms with Crippen LogP contribution >= 0.6 is 11.3 Å². The number of nitrogens with one attached hydrogen (secondary N) is 1. The molecule has 252 valence electrons. The Morgan fingerprint density at radius 3 is 2.39 bits per heavy atom. The van der Waals surface area contributed by atoms with Crippen molar-refractivity contribution in [3.05, 3.63) is 57.3 Å². The maximum Gasteiger partial charge on any atom is 0.410 e. The van der Waals surface area contributed by atoms with Crippen LogP contribution in [0.4, 0.5) is 4.79 Å². The van der Waals surface area contributed by atoms with Crippen molar-refractivity contribution in [1.82, 2.24) is 15.1 Å². The van der Waals surface area contributed by atoms with Crippen LogP contribution < -0.4 is 5.32 Å². The molecule has 1 aromatic carbocycles. The molecule has 9 heteroatoms. The Balaban J connectivity index is 1.37. The molecule has 0 bridgehead atoms. The van der Waals surface area contributed by atoms with Gasteiger partial charge in [-0.05, 0) is 89.3 Å². The van der Waals surface area contributed by atoms with Crippen LogP contribution in [0.1, 0.15) is 99.9 Å². The van der Waals surface area contributed by atoms with Gasteiger partial charge in [0, 0.05) is 49.1 Å². The van der Waals surface area contributed by atoms with E-state index in [1.54, 1.807) is 12.0 Å². The second-order valence-electron chi connectivity index (χ2n) is 14.5. The molecular formula is C37H53N3O5S. The number of thiophene rings is 1. The second kappa shape index (κ2) is 14.9. The zero-order valence-corrected chi connectivity index (χ0v) is 29.3. The third-order valence-electron chi connectivity index (χ3n) is 9.62. The summed E-state index contributed by atoms with van der Waals surface area (Å²) < 4.78 is 11.0. The van der Waals surface area contributed by atoms with Gasteiger partial charge in [-0.15, -0.1) is 11.3 Å². The van der Waals surface area contributed by atoms with Crippen LogP contribution in [0, 0.1) is 11.8 Å². The molecule has 2 atom stereocenters. The summed E-state index contributed by atoms with van der Waals surface area (Å²) in [5.74, 6) is -1.01. The Morgan fingerprint density at radius 2 is 1.76 bits per heavy atom. The van der Waals surface area contributed by atoms with E-state index in [2.05, 4.69) is 30.4 Å². The van der Waals surface area contributed by atoms with Gasteiger partial charge in [0.1, 0.15) is 5.60 Å². The summed E-state index contributed by atoms with van der Waals surface area (Å²) in [6, 6.07) is 12.7. The van der Waals surface area contributed by atoms with Gasteiger partial charge in [0.05, 0.1) is 17.4 Å². The van der Waals surface area contributed by atoms with Crippen LogP contribution in [0.25, 0.3) is 0 Å². The van der Waals surface area contributed by atoms with Crippen molar-refractivity contribution in [2.75, 3.05) is 26.8 Å². The van der Waals surface area contributed by atoms with Gasteiger partial charge in [0.15, 0.2) is 0 Å². The summed E-state index contributed by atoms with van der Waals surface area (Å²) in [7, 11) is 1.73. The van der Waals surface area contributed by atoms with Gasteiger partial charge in [0.2, 0.25) is 11.8 Å². The first kappa shape index (κ1) is 34.4. The molecule has 2 saturated carbocycles. The maximum atomic E-state index is 14.5. The molecule has 2 heterocycles. The van der Waals surface area contributed by atoms with Crippen LogP contribution in [-0.4, -0.2) is 66.2 Å². The van der Waals surface area contributed by atoms with Crippen LogP contribution in [0.15, 0.2) is 36.4 Å². The van der Waals surface area contributed by atoms with E-state index in [4.69, 9.17) is 9.47 Å². The molecule has 1 aromatic heterocycles. The van der Waals surface area contributed by atoms with Gasteiger partial charge >= 0.3 is 6.09 Å².